The molecule has 3 aromatic carbocycles. The number of urea groups is 2. The van der Waals surface area contributed by atoms with Crippen molar-refractivity contribution in [2.24, 2.45) is 0 Å². The predicted octanol–water partition coefficient (Wildman–Crippen LogP) is 5.82. The van der Waals surface area contributed by atoms with Crippen molar-refractivity contribution < 1.29 is 14.3 Å². The van der Waals surface area contributed by atoms with Crippen LogP contribution in [0.25, 0.3) is 0 Å². The fourth-order valence-electron chi connectivity index (χ4n) is 3.77. The van der Waals surface area contributed by atoms with Gasteiger partial charge in [0.1, 0.15) is 5.75 Å². The van der Waals surface area contributed by atoms with E-state index in [1.54, 1.807) is 48.4 Å². The average molecular weight is 465 g/mol. The minimum absolute atomic E-state index is 0.0652. The summed E-state index contributed by atoms with van der Waals surface area (Å²) in [4.78, 5) is 29.2. The lowest BCUT2D eigenvalue weighted by molar-refractivity contribution is 0.192. The molecule has 0 aromatic heterocycles. The largest absolute Gasteiger partial charge is 0.497 e. The molecule has 0 bridgehead atoms. The van der Waals surface area contributed by atoms with E-state index in [4.69, 9.17) is 16.3 Å². The van der Waals surface area contributed by atoms with Gasteiger partial charge in [0.2, 0.25) is 0 Å². The number of anilines is 3. The smallest absolute Gasteiger partial charge is 0.324 e. The first-order chi connectivity index (χ1) is 16.0. The lowest BCUT2D eigenvalue weighted by atomic mass is 10.1. The van der Waals surface area contributed by atoms with Crippen molar-refractivity contribution in [2.45, 2.75) is 13.0 Å². The highest BCUT2D eigenvalue weighted by Crippen LogP contribution is 2.25. The lowest BCUT2D eigenvalue weighted by Gasteiger charge is -2.36. The first-order valence-corrected chi connectivity index (χ1v) is 11.0. The molecule has 3 aromatic rings. The molecule has 1 saturated heterocycles. The number of methoxy groups -OCH3 is 1. The van der Waals surface area contributed by atoms with Gasteiger partial charge in [0.15, 0.2) is 0 Å². The molecule has 170 valence electrons. The summed E-state index contributed by atoms with van der Waals surface area (Å²) < 4.78 is 5.29. The van der Waals surface area contributed by atoms with Crippen LogP contribution < -0.4 is 20.3 Å². The number of nitrogens with one attached hydrogen (secondary N) is 2. The molecule has 0 radical (unpaired) electrons. The summed E-state index contributed by atoms with van der Waals surface area (Å²) in [5.74, 6) is 0.767. The number of nitrogens with zero attached hydrogens (tertiary/aromatic N) is 2. The van der Waals surface area contributed by atoms with Crippen LogP contribution in [0.4, 0.5) is 26.7 Å². The first kappa shape index (κ1) is 22.5. The SMILES string of the molecule is COc1cccc(CN2CCCN(c3cccc(NC(=O)Nc4cccc(Cl)c4)c3)C2=O)c1. The minimum Gasteiger partial charge on any atom is -0.497 e. The second-order valence-corrected chi connectivity index (χ2v) is 8.14. The van der Waals surface area contributed by atoms with Crippen LogP contribution in [0.2, 0.25) is 5.02 Å². The highest BCUT2D eigenvalue weighted by Gasteiger charge is 2.27. The van der Waals surface area contributed by atoms with Crippen molar-refractivity contribution >= 4 is 40.7 Å². The topological polar surface area (TPSA) is 73.9 Å². The second kappa shape index (κ2) is 10.3. The number of amides is 4. The Morgan fingerprint density at radius 2 is 1.70 bits per heavy atom. The number of benzene rings is 3. The van der Waals surface area contributed by atoms with Crippen LogP contribution in [-0.4, -0.2) is 37.2 Å². The van der Waals surface area contributed by atoms with Crippen molar-refractivity contribution in [1.29, 1.82) is 0 Å². The van der Waals surface area contributed by atoms with Gasteiger partial charge in [0, 0.05) is 41.7 Å². The summed E-state index contributed by atoms with van der Waals surface area (Å²) in [5.41, 5.74) is 2.92. The van der Waals surface area contributed by atoms with Crippen molar-refractivity contribution in [3.63, 3.8) is 0 Å². The Bertz CT molecular complexity index is 1150. The van der Waals surface area contributed by atoms with E-state index in [0.29, 0.717) is 36.0 Å². The monoisotopic (exact) mass is 464 g/mol. The third-order valence-corrected chi connectivity index (χ3v) is 5.55. The van der Waals surface area contributed by atoms with E-state index in [-0.39, 0.29) is 12.1 Å². The number of halogens is 1. The van der Waals surface area contributed by atoms with Crippen LogP contribution in [0, 0.1) is 0 Å². The summed E-state index contributed by atoms with van der Waals surface area (Å²) in [5, 5.41) is 6.10. The van der Waals surface area contributed by atoms with E-state index >= 15 is 0 Å². The maximum absolute atomic E-state index is 13.2. The van der Waals surface area contributed by atoms with Gasteiger partial charge in [-0.1, -0.05) is 35.9 Å². The quantitative estimate of drug-likeness (QED) is 0.482. The summed E-state index contributed by atoms with van der Waals surface area (Å²) >= 11 is 5.97. The summed E-state index contributed by atoms with van der Waals surface area (Å²) in [6, 6.07) is 21.5. The van der Waals surface area contributed by atoms with Crippen molar-refractivity contribution in [1.82, 2.24) is 4.90 Å². The molecule has 7 nitrogen and oxygen atoms in total. The third kappa shape index (κ3) is 5.75. The zero-order valence-corrected chi connectivity index (χ0v) is 19.0. The molecule has 0 spiro atoms. The zero-order valence-electron chi connectivity index (χ0n) is 18.3. The third-order valence-electron chi connectivity index (χ3n) is 5.32. The standard InChI is InChI=1S/C25H25ClN4O3/c1-33-23-11-2-6-18(14-23)17-29-12-5-13-30(25(29)32)22-10-4-9-21(16-22)28-24(31)27-20-8-3-7-19(26)15-20/h2-4,6-11,14-16H,5,12-13,17H2,1H3,(H2,27,28,31). The normalized spacial score (nSPS) is 13.6. The minimum atomic E-state index is -0.390. The number of rotatable bonds is 6. The Hall–Kier alpha value is -3.71. The van der Waals surface area contributed by atoms with Crippen LogP contribution in [0.15, 0.2) is 72.8 Å². The molecule has 2 N–H and O–H groups in total. The van der Waals surface area contributed by atoms with Gasteiger partial charge in [0.05, 0.1) is 7.11 Å². The van der Waals surface area contributed by atoms with Gasteiger partial charge >= 0.3 is 12.1 Å². The zero-order chi connectivity index (χ0) is 23.2. The molecule has 0 atom stereocenters. The molecule has 1 aliphatic heterocycles. The molecule has 4 rings (SSSR count). The van der Waals surface area contributed by atoms with Crippen LogP contribution in [0.5, 0.6) is 5.75 Å². The highest BCUT2D eigenvalue weighted by atomic mass is 35.5. The molecule has 0 unspecified atom stereocenters. The molecule has 1 fully saturated rings. The Labute approximate surface area is 197 Å². The van der Waals surface area contributed by atoms with E-state index in [1.165, 1.54) is 0 Å². The van der Waals surface area contributed by atoms with Crippen LogP contribution in [0.1, 0.15) is 12.0 Å². The van der Waals surface area contributed by atoms with Crippen LogP contribution in [0.3, 0.4) is 0 Å². The fourth-order valence-corrected chi connectivity index (χ4v) is 3.96. The van der Waals surface area contributed by atoms with Gasteiger partial charge in [0.25, 0.3) is 0 Å². The lowest BCUT2D eigenvalue weighted by Crippen LogP contribution is -2.49. The predicted molar refractivity (Wildman–Crippen MR) is 131 cm³/mol. The van der Waals surface area contributed by atoms with Crippen molar-refractivity contribution in [2.75, 3.05) is 35.7 Å². The van der Waals surface area contributed by atoms with Gasteiger partial charge in [-0.2, -0.15) is 0 Å². The second-order valence-electron chi connectivity index (χ2n) is 7.70. The van der Waals surface area contributed by atoms with Gasteiger partial charge in [-0.05, 0) is 60.5 Å². The Balaban J connectivity index is 1.43. The fraction of sp³-hybridized carbons (Fsp3) is 0.200. The summed E-state index contributed by atoms with van der Waals surface area (Å²) in [6.07, 6.45) is 0.850. The molecule has 4 amide bonds. The Kier molecular flexibility index (Phi) is 7.00. The van der Waals surface area contributed by atoms with Gasteiger partial charge in [-0.3, -0.25) is 4.90 Å². The average Bonchev–Trinajstić information content (AvgIpc) is 2.81. The number of hydrogen-bond acceptors (Lipinski definition) is 3. The van der Waals surface area contributed by atoms with E-state index in [1.807, 2.05) is 41.3 Å². The highest BCUT2D eigenvalue weighted by molar-refractivity contribution is 6.30. The van der Waals surface area contributed by atoms with E-state index in [0.717, 1.165) is 23.4 Å². The molecule has 0 aliphatic carbocycles. The number of carbonyl (C=O) groups excluding carboxylic acids is 2. The van der Waals surface area contributed by atoms with E-state index in [9.17, 15) is 9.59 Å². The molecule has 1 aliphatic rings. The van der Waals surface area contributed by atoms with Crippen molar-refractivity contribution in [3.8, 4) is 5.75 Å². The first-order valence-electron chi connectivity index (χ1n) is 10.6. The summed E-state index contributed by atoms with van der Waals surface area (Å²) in [6.45, 7) is 1.81. The number of carbonyl (C=O) groups is 2. The molecular formula is C25H25ClN4O3. The number of ether oxygens (including phenoxy) is 1. The molecule has 33 heavy (non-hydrogen) atoms. The maximum Gasteiger partial charge on any atom is 0.324 e. The van der Waals surface area contributed by atoms with Crippen LogP contribution in [-0.2, 0) is 6.54 Å². The van der Waals surface area contributed by atoms with E-state index < -0.39 is 0 Å². The van der Waals surface area contributed by atoms with Gasteiger partial charge in [-0.25, -0.2) is 9.59 Å². The molecular weight excluding hydrogens is 440 g/mol. The molecule has 8 heteroatoms. The Morgan fingerprint density at radius 1 is 0.970 bits per heavy atom. The van der Waals surface area contributed by atoms with Crippen molar-refractivity contribution in [3.05, 3.63) is 83.4 Å². The summed E-state index contributed by atoms with van der Waals surface area (Å²) in [7, 11) is 1.63. The van der Waals surface area contributed by atoms with E-state index in [2.05, 4.69) is 10.6 Å². The molecule has 0 saturated carbocycles. The molecule has 1 heterocycles. The van der Waals surface area contributed by atoms with Crippen LogP contribution >= 0.6 is 11.6 Å². The number of hydrogen-bond donors (Lipinski definition) is 2. The Morgan fingerprint density at radius 3 is 2.45 bits per heavy atom. The van der Waals surface area contributed by atoms with Gasteiger partial charge in [-0.15, -0.1) is 0 Å². The maximum atomic E-state index is 13.2. The van der Waals surface area contributed by atoms with Gasteiger partial charge < -0.3 is 20.3 Å².